The van der Waals surface area contributed by atoms with Gasteiger partial charge in [-0.3, -0.25) is 4.79 Å². The summed E-state index contributed by atoms with van der Waals surface area (Å²) in [6, 6.07) is 16.1. The van der Waals surface area contributed by atoms with Gasteiger partial charge in [-0.2, -0.15) is 4.31 Å². The first-order chi connectivity index (χ1) is 15.8. The molecule has 3 aromatic carbocycles. The van der Waals surface area contributed by atoms with Crippen LogP contribution in [-0.4, -0.2) is 45.9 Å². The predicted molar refractivity (Wildman–Crippen MR) is 124 cm³/mol. The van der Waals surface area contributed by atoms with E-state index in [-0.39, 0.29) is 35.1 Å². The van der Waals surface area contributed by atoms with Crippen molar-refractivity contribution in [2.75, 3.05) is 32.6 Å². The van der Waals surface area contributed by atoms with Crippen LogP contribution in [0.5, 0.6) is 23.0 Å². The minimum absolute atomic E-state index is 0.00696. The number of benzene rings is 3. The molecule has 0 aromatic heterocycles. The second-order valence-corrected chi connectivity index (χ2v) is 9.67. The maximum Gasteiger partial charge on any atom is 0.259 e. The lowest BCUT2D eigenvalue weighted by atomic mass is 10.1. The van der Waals surface area contributed by atoms with E-state index in [1.54, 1.807) is 48.5 Å². The van der Waals surface area contributed by atoms with E-state index in [1.807, 2.05) is 0 Å². The first-order valence-electron chi connectivity index (χ1n) is 9.94. The van der Waals surface area contributed by atoms with Crippen molar-refractivity contribution in [2.24, 2.45) is 0 Å². The van der Waals surface area contributed by atoms with Crippen molar-refractivity contribution < 1.29 is 27.4 Å². The zero-order valence-corrected chi connectivity index (χ0v) is 19.4. The minimum atomic E-state index is -4.04. The molecular weight excluding hydrogens is 468 g/mol. The Morgan fingerprint density at radius 1 is 1.06 bits per heavy atom. The summed E-state index contributed by atoms with van der Waals surface area (Å²) in [5.41, 5.74) is 0.536. The lowest BCUT2D eigenvalue weighted by Gasteiger charge is -2.20. The SMILES string of the molecule is COCCN(C)S(=O)(=O)c1cc2c(cc1Oc1ccc(Cl)cc1)Oc1ccccc1NC2=O. The predicted octanol–water partition coefficient (Wildman–Crippen LogP) is 4.76. The second kappa shape index (κ2) is 9.40. The van der Waals surface area contributed by atoms with Gasteiger partial charge in [-0.15, -0.1) is 0 Å². The summed E-state index contributed by atoms with van der Waals surface area (Å²) in [4.78, 5) is 12.7. The van der Waals surface area contributed by atoms with Gasteiger partial charge in [0, 0.05) is 31.8 Å². The normalized spacial score (nSPS) is 12.9. The fraction of sp³-hybridized carbons (Fsp3) is 0.174. The van der Waals surface area contributed by atoms with Crippen LogP contribution in [-0.2, 0) is 14.8 Å². The van der Waals surface area contributed by atoms with Crippen molar-refractivity contribution in [2.45, 2.75) is 4.90 Å². The number of anilines is 1. The molecule has 172 valence electrons. The van der Waals surface area contributed by atoms with Gasteiger partial charge in [0.25, 0.3) is 5.91 Å². The van der Waals surface area contributed by atoms with Crippen molar-refractivity contribution in [3.8, 4) is 23.0 Å². The third-order valence-electron chi connectivity index (χ3n) is 4.99. The van der Waals surface area contributed by atoms with Gasteiger partial charge in [0.1, 0.15) is 16.4 Å². The number of sulfonamides is 1. The number of hydrogen-bond donors (Lipinski definition) is 1. The number of ether oxygens (including phenoxy) is 3. The summed E-state index contributed by atoms with van der Waals surface area (Å²) < 4.78 is 44.8. The van der Waals surface area contributed by atoms with E-state index in [4.69, 9.17) is 25.8 Å². The van der Waals surface area contributed by atoms with Crippen LogP contribution in [0.25, 0.3) is 0 Å². The number of nitrogens with zero attached hydrogens (tertiary/aromatic N) is 1. The summed E-state index contributed by atoms with van der Waals surface area (Å²) in [6.45, 7) is 0.317. The number of nitrogens with one attached hydrogen (secondary N) is 1. The van der Waals surface area contributed by atoms with Gasteiger partial charge in [0.15, 0.2) is 11.5 Å². The molecule has 1 heterocycles. The number of halogens is 1. The van der Waals surface area contributed by atoms with E-state index >= 15 is 0 Å². The summed E-state index contributed by atoms with van der Waals surface area (Å²) >= 11 is 5.95. The van der Waals surface area contributed by atoms with Crippen molar-refractivity contribution in [3.05, 3.63) is 71.2 Å². The molecule has 0 saturated heterocycles. The first-order valence-corrected chi connectivity index (χ1v) is 11.8. The molecule has 0 bridgehead atoms. The molecule has 1 aliphatic rings. The van der Waals surface area contributed by atoms with E-state index in [0.717, 1.165) is 4.31 Å². The zero-order valence-electron chi connectivity index (χ0n) is 17.9. The Balaban J connectivity index is 1.85. The van der Waals surface area contributed by atoms with Crippen molar-refractivity contribution in [3.63, 3.8) is 0 Å². The van der Waals surface area contributed by atoms with Gasteiger partial charge >= 0.3 is 0 Å². The van der Waals surface area contributed by atoms with Gasteiger partial charge in [-0.1, -0.05) is 23.7 Å². The fourth-order valence-corrected chi connectivity index (χ4v) is 4.59. The molecule has 8 nitrogen and oxygen atoms in total. The number of carbonyl (C=O) groups excluding carboxylic acids is 1. The average molecular weight is 489 g/mol. The highest BCUT2D eigenvalue weighted by Gasteiger charge is 2.31. The second-order valence-electron chi connectivity index (χ2n) is 7.22. The Kier molecular flexibility index (Phi) is 6.57. The number of likely N-dealkylation sites (N-methyl/N-ethyl adjacent to an activating group) is 1. The lowest BCUT2D eigenvalue weighted by molar-refractivity contribution is 0.102. The lowest BCUT2D eigenvalue weighted by Crippen LogP contribution is -2.30. The summed E-state index contributed by atoms with van der Waals surface area (Å²) in [6.07, 6.45) is 0. The van der Waals surface area contributed by atoms with Gasteiger partial charge in [-0.05, 0) is 42.5 Å². The van der Waals surface area contributed by atoms with Crippen LogP contribution >= 0.6 is 11.6 Å². The highest BCUT2D eigenvalue weighted by atomic mass is 35.5. The number of rotatable bonds is 7. The highest BCUT2D eigenvalue weighted by Crippen LogP contribution is 2.41. The van der Waals surface area contributed by atoms with Gasteiger partial charge < -0.3 is 19.5 Å². The molecule has 33 heavy (non-hydrogen) atoms. The topological polar surface area (TPSA) is 94.2 Å². The van der Waals surface area contributed by atoms with Crippen LogP contribution in [0.4, 0.5) is 5.69 Å². The molecule has 0 fully saturated rings. The highest BCUT2D eigenvalue weighted by molar-refractivity contribution is 7.89. The van der Waals surface area contributed by atoms with Crippen LogP contribution in [0.2, 0.25) is 5.02 Å². The molecule has 3 aromatic rings. The van der Waals surface area contributed by atoms with Crippen LogP contribution < -0.4 is 14.8 Å². The third kappa shape index (κ3) is 4.81. The number of para-hydroxylation sites is 2. The zero-order chi connectivity index (χ0) is 23.6. The maximum absolute atomic E-state index is 13.4. The van der Waals surface area contributed by atoms with Crippen molar-refractivity contribution in [1.82, 2.24) is 4.31 Å². The minimum Gasteiger partial charge on any atom is -0.456 e. The fourth-order valence-electron chi connectivity index (χ4n) is 3.19. The number of carbonyl (C=O) groups is 1. The summed E-state index contributed by atoms with van der Waals surface area (Å²) in [5, 5.41) is 3.26. The van der Waals surface area contributed by atoms with E-state index in [2.05, 4.69) is 5.32 Å². The molecule has 0 spiro atoms. The van der Waals surface area contributed by atoms with Gasteiger partial charge in [0.05, 0.1) is 17.9 Å². The number of fused-ring (bicyclic) bond motifs is 2. The Hall–Kier alpha value is -3.11. The molecule has 10 heteroatoms. The van der Waals surface area contributed by atoms with E-state index in [1.165, 1.54) is 26.3 Å². The average Bonchev–Trinajstić information content (AvgIpc) is 2.93. The molecule has 1 aliphatic heterocycles. The Morgan fingerprint density at radius 2 is 1.79 bits per heavy atom. The Bertz CT molecular complexity index is 1290. The number of methoxy groups -OCH3 is 1. The maximum atomic E-state index is 13.4. The van der Waals surface area contributed by atoms with Gasteiger partial charge in [0.2, 0.25) is 10.0 Å². The standard InChI is InChI=1S/C23H21ClN2O6S/c1-26(11-12-30-2)33(28,29)22-13-17-20(14-21(22)31-16-9-7-15(24)8-10-16)32-19-6-4-3-5-18(19)25-23(17)27/h3-10,13-14H,11-12H2,1-2H3,(H,25,27). The van der Waals surface area contributed by atoms with Crippen molar-refractivity contribution in [1.29, 1.82) is 0 Å². The molecule has 0 radical (unpaired) electrons. The van der Waals surface area contributed by atoms with Gasteiger partial charge in [-0.25, -0.2) is 8.42 Å². The Morgan fingerprint density at radius 3 is 2.52 bits per heavy atom. The first kappa shape index (κ1) is 23.1. The van der Waals surface area contributed by atoms with E-state index in [9.17, 15) is 13.2 Å². The molecule has 4 rings (SSSR count). The summed E-state index contributed by atoms with van der Waals surface area (Å²) in [7, 11) is -1.13. The molecule has 1 N–H and O–H groups in total. The third-order valence-corrected chi connectivity index (χ3v) is 7.12. The molecule has 0 aliphatic carbocycles. The molecular formula is C23H21ClN2O6S. The molecule has 1 amide bonds. The largest absolute Gasteiger partial charge is 0.456 e. The van der Waals surface area contributed by atoms with Crippen LogP contribution in [0.15, 0.2) is 65.6 Å². The number of hydrogen-bond acceptors (Lipinski definition) is 6. The molecule has 0 saturated carbocycles. The monoisotopic (exact) mass is 488 g/mol. The molecule has 0 atom stereocenters. The van der Waals surface area contributed by atoms with Crippen LogP contribution in [0.1, 0.15) is 10.4 Å². The smallest absolute Gasteiger partial charge is 0.259 e. The quantitative estimate of drug-likeness (QED) is 0.515. The molecule has 0 unspecified atom stereocenters. The van der Waals surface area contributed by atoms with E-state index < -0.39 is 15.9 Å². The summed E-state index contributed by atoms with van der Waals surface area (Å²) in [5.74, 6) is 0.472. The van der Waals surface area contributed by atoms with Crippen LogP contribution in [0, 0.1) is 0 Å². The van der Waals surface area contributed by atoms with E-state index in [0.29, 0.717) is 22.2 Å². The Labute approximate surface area is 196 Å². The van der Waals surface area contributed by atoms with Crippen LogP contribution in [0.3, 0.4) is 0 Å². The number of amides is 1. The van der Waals surface area contributed by atoms with Crippen molar-refractivity contribution >= 4 is 33.2 Å².